The molecule has 0 aliphatic heterocycles. The lowest BCUT2D eigenvalue weighted by Crippen LogP contribution is -2.26. The molecule has 304 valence electrons. The summed E-state index contributed by atoms with van der Waals surface area (Å²) in [7, 11) is 0. The molecule has 0 saturated heterocycles. The first-order chi connectivity index (χ1) is 32.3. The zero-order chi connectivity index (χ0) is 42.9. The normalized spacial score (nSPS) is 12.7. The van der Waals surface area contributed by atoms with Crippen molar-refractivity contribution in [3.63, 3.8) is 0 Å². The number of benzene rings is 10. The lowest BCUT2D eigenvalue weighted by molar-refractivity contribution is 0.804. The van der Waals surface area contributed by atoms with E-state index < -0.39 is 5.41 Å². The Bertz CT molecular complexity index is 3520. The molecule has 11 aromatic rings. The Balaban J connectivity index is 0.953. The third-order valence-corrected chi connectivity index (χ3v) is 14.9. The third-order valence-electron chi connectivity index (χ3n) is 13.7. The van der Waals surface area contributed by atoms with Crippen molar-refractivity contribution in [1.29, 1.82) is 0 Å². The number of anilines is 3. The van der Waals surface area contributed by atoms with E-state index in [0.29, 0.717) is 0 Å². The van der Waals surface area contributed by atoms with Crippen LogP contribution >= 0.6 is 11.3 Å². The second-order valence-corrected chi connectivity index (χ2v) is 18.2. The fourth-order valence-corrected chi connectivity index (χ4v) is 12.2. The lowest BCUT2D eigenvalue weighted by Gasteiger charge is -2.32. The van der Waals surface area contributed by atoms with E-state index >= 15 is 0 Å². The molecule has 0 fully saturated rings. The van der Waals surface area contributed by atoms with E-state index in [2.05, 4.69) is 254 Å². The fraction of sp³-hybridized carbons (Fsp3) is 0.0159. The lowest BCUT2D eigenvalue weighted by atomic mass is 9.68. The highest BCUT2D eigenvalue weighted by Crippen LogP contribution is 2.67. The summed E-state index contributed by atoms with van der Waals surface area (Å²) >= 11 is 1.94. The van der Waals surface area contributed by atoms with Gasteiger partial charge in [-0.15, -0.1) is 11.3 Å². The number of hydrogen-bond donors (Lipinski definition) is 0. The summed E-state index contributed by atoms with van der Waals surface area (Å²) in [6.07, 6.45) is 0. The van der Waals surface area contributed by atoms with Crippen molar-refractivity contribution < 1.29 is 0 Å². The predicted octanol–water partition coefficient (Wildman–Crippen LogP) is 17.4. The Labute approximate surface area is 383 Å². The molecule has 0 bridgehead atoms. The Kier molecular flexibility index (Phi) is 8.69. The highest BCUT2D eigenvalue weighted by atomic mass is 32.1. The molecule has 2 aliphatic rings. The van der Waals surface area contributed by atoms with Gasteiger partial charge in [-0.3, -0.25) is 0 Å². The molecule has 0 atom stereocenters. The topological polar surface area (TPSA) is 3.24 Å². The standard InChI is InChI=1S/C63H41NS/c1-3-16-42(17-4-1)43-30-36-47(37-31-43)64(48-38-32-45(33-39-48)51-21-8-7-20-50(51)44-18-5-2-6-19-44)49-40-34-46(35-41-49)52-25-15-26-56-60(52)63(61-55-24-11-14-29-59(55)65-62(56)61)57-27-12-9-22-53(57)54-23-10-13-28-58(54)63/h1-41H. The zero-order valence-electron chi connectivity index (χ0n) is 35.5. The maximum Gasteiger partial charge on any atom is 0.0746 e. The average Bonchev–Trinajstić information content (AvgIpc) is 4.02. The van der Waals surface area contributed by atoms with E-state index in [9.17, 15) is 0 Å². The molecule has 1 heterocycles. The Hall–Kier alpha value is -8.04. The van der Waals surface area contributed by atoms with Crippen molar-refractivity contribution in [2.45, 2.75) is 5.41 Å². The molecule has 1 nitrogen and oxygen atoms in total. The van der Waals surface area contributed by atoms with Gasteiger partial charge < -0.3 is 4.90 Å². The molecule has 65 heavy (non-hydrogen) atoms. The molecule has 1 aromatic heterocycles. The number of thiophene rings is 1. The first-order valence-corrected chi connectivity index (χ1v) is 23.2. The summed E-state index contributed by atoms with van der Waals surface area (Å²) in [4.78, 5) is 3.77. The minimum absolute atomic E-state index is 0.444. The van der Waals surface area contributed by atoms with Gasteiger partial charge in [-0.2, -0.15) is 0 Å². The van der Waals surface area contributed by atoms with Crippen molar-refractivity contribution in [3.05, 3.63) is 271 Å². The molecule has 0 unspecified atom stereocenters. The van der Waals surface area contributed by atoms with Crippen LogP contribution in [-0.4, -0.2) is 0 Å². The van der Waals surface area contributed by atoms with E-state index in [4.69, 9.17) is 0 Å². The second kappa shape index (κ2) is 15.1. The van der Waals surface area contributed by atoms with Crippen molar-refractivity contribution >= 4 is 38.5 Å². The van der Waals surface area contributed by atoms with Crippen molar-refractivity contribution in [3.8, 4) is 66.1 Å². The summed E-state index contributed by atoms with van der Waals surface area (Å²) in [5.74, 6) is 0. The minimum atomic E-state index is -0.444. The third kappa shape index (κ3) is 5.78. The van der Waals surface area contributed by atoms with Crippen LogP contribution in [0.25, 0.3) is 76.2 Å². The molecule has 2 heteroatoms. The van der Waals surface area contributed by atoms with E-state index in [-0.39, 0.29) is 0 Å². The molecule has 13 rings (SSSR count). The maximum atomic E-state index is 2.38. The monoisotopic (exact) mass is 843 g/mol. The molecule has 0 radical (unpaired) electrons. The highest BCUT2D eigenvalue weighted by Gasteiger charge is 2.54. The molecule has 0 amide bonds. The van der Waals surface area contributed by atoms with Gasteiger partial charge in [0.2, 0.25) is 0 Å². The highest BCUT2D eigenvalue weighted by molar-refractivity contribution is 7.22. The number of fused-ring (bicyclic) bond motifs is 12. The van der Waals surface area contributed by atoms with Gasteiger partial charge in [0.1, 0.15) is 0 Å². The van der Waals surface area contributed by atoms with Gasteiger partial charge >= 0.3 is 0 Å². The van der Waals surface area contributed by atoms with Gasteiger partial charge in [0.25, 0.3) is 0 Å². The first-order valence-electron chi connectivity index (χ1n) is 22.4. The molecule has 2 aliphatic carbocycles. The van der Waals surface area contributed by atoms with Gasteiger partial charge in [0, 0.05) is 26.6 Å². The summed E-state index contributed by atoms with van der Waals surface area (Å²) in [5.41, 5.74) is 22.1. The molecule has 1 spiro atoms. The maximum absolute atomic E-state index is 2.38. The van der Waals surface area contributed by atoms with Gasteiger partial charge in [-0.25, -0.2) is 0 Å². The van der Waals surface area contributed by atoms with Gasteiger partial charge in [0.15, 0.2) is 0 Å². The first kappa shape index (κ1) is 37.5. The van der Waals surface area contributed by atoms with Gasteiger partial charge in [-0.05, 0) is 131 Å². The van der Waals surface area contributed by atoms with Crippen molar-refractivity contribution in [2.24, 2.45) is 0 Å². The van der Waals surface area contributed by atoms with Crippen LogP contribution in [0.2, 0.25) is 0 Å². The second-order valence-electron chi connectivity index (χ2n) is 17.1. The van der Waals surface area contributed by atoms with E-state index in [1.807, 2.05) is 11.3 Å². The van der Waals surface area contributed by atoms with Crippen molar-refractivity contribution in [2.75, 3.05) is 4.90 Å². The van der Waals surface area contributed by atoms with Crippen LogP contribution in [0, 0.1) is 0 Å². The SMILES string of the molecule is c1ccc(-c2ccc(N(c3ccc(-c4ccccc4-c4ccccc4)cc3)c3ccc(-c4cccc5c4C4(c6ccccc6-c6ccccc64)c4c-5sc5ccccc45)cc3)cc2)cc1. The van der Waals surface area contributed by atoms with Gasteiger partial charge in [-0.1, -0.05) is 206 Å². The summed E-state index contributed by atoms with van der Waals surface area (Å²) in [6, 6.07) is 91.6. The van der Waals surface area contributed by atoms with Gasteiger partial charge in [0.05, 0.1) is 5.41 Å². The van der Waals surface area contributed by atoms with Crippen LogP contribution < -0.4 is 4.90 Å². The van der Waals surface area contributed by atoms with Crippen molar-refractivity contribution in [1.82, 2.24) is 0 Å². The Morgan fingerprint density at radius 2 is 0.677 bits per heavy atom. The molecular formula is C63H41NS. The Morgan fingerprint density at radius 1 is 0.277 bits per heavy atom. The summed E-state index contributed by atoms with van der Waals surface area (Å²) in [6.45, 7) is 0. The smallest absolute Gasteiger partial charge is 0.0746 e. The average molecular weight is 844 g/mol. The fourth-order valence-electron chi connectivity index (χ4n) is 11.0. The van der Waals surface area contributed by atoms with E-state index in [0.717, 1.165) is 17.1 Å². The molecule has 0 N–H and O–H groups in total. The van der Waals surface area contributed by atoms with Crippen LogP contribution in [0.5, 0.6) is 0 Å². The predicted molar refractivity (Wildman–Crippen MR) is 275 cm³/mol. The molecular weight excluding hydrogens is 803 g/mol. The number of nitrogens with zero attached hydrogens (tertiary/aromatic N) is 1. The summed E-state index contributed by atoms with van der Waals surface area (Å²) < 4.78 is 1.34. The zero-order valence-corrected chi connectivity index (χ0v) is 36.3. The van der Waals surface area contributed by atoms with E-state index in [1.54, 1.807) is 0 Å². The van der Waals surface area contributed by atoms with Crippen LogP contribution in [0.4, 0.5) is 17.1 Å². The Morgan fingerprint density at radius 3 is 1.26 bits per heavy atom. The number of rotatable bonds is 7. The van der Waals surface area contributed by atoms with E-state index in [1.165, 1.54) is 98.4 Å². The minimum Gasteiger partial charge on any atom is -0.311 e. The van der Waals surface area contributed by atoms with Crippen LogP contribution in [-0.2, 0) is 5.41 Å². The largest absolute Gasteiger partial charge is 0.311 e. The number of hydrogen-bond acceptors (Lipinski definition) is 2. The quantitative estimate of drug-likeness (QED) is 0.154. The molecule has 10 aromatic carbocycles. The molecule has 0 saturated carbocycles. The van der Waals surface area contributed by atoms with Crippen LogP contribution in [0.15, 0.2) is 249 Å². The van der Waals surface area contributed by atoms with Crippen LogP contribution in [0.3, 0.4) is 0 Å². The summed E-state index contributed by atoms with van der Waals surface area (Å²) in [5, 5.41) is 1.35. The van der Waals surface area contributed by atoms with Crippen LogP contribution in [0.1, 0.15) is 22.3 Å².